The van der Waals surface area contributed by atoms with Gasteiger partial charge in [0.1, 0.15) is 0 Å². The molecule has 5 nitrogen and oxygen atoms in total. The number of rotatable bonds is 4. The van der Waals surface area contributed by atoms with Crippen LogP contribution in [0.3, 0.4) is 0 Å². The van der Waals surface area contributed by atoms with Crippen molar-refractivity contribution < 1.29 is 9.59 Å². The van der Waals surface area contributed by atoms with E-state index in [1.54, 1.807) is 24.5 Å². The van der Waals surface area contributed by atoms with Gasteiger partial charge in [0.2, 0.25) is 5.91 Å². The molecule has 114 valence electrons. The molecule has 21 heavy (non-hydrogen) atoms. The summed E-state index contributed by atoms with van der Waals surface area (Å²) in [6, 6.07) is 3.49. The highest BCUT2D eigenvalue weighted by Crippen LogP contribution is 2.18. The second-order valence-corrected chi connectivity index (χ2v) is 5.87. The zero-order valence-corrected chi connectivity index (χ0v) is 12.7. The van der Waals surface area contributed by atoms with Gasteiger partial charge in [-0.05, 0) is 30.9 Å². The molecule has 1 saturated heterocycles. The summed E-state index contributed by atoms with van der Waals surface area (Å²) >= 11 is 0. The minimum Gasteiger partial charge on any atom is -0.356 e. The summed E-state index contributed by atoms with van der Waals surface area (Å²) in [5.41, 5.74) is 0.691. The van der Waals surface area contributed by atoms with E-state index in [9.17, 15) is 9.59 Å². The Morgan fingerprint density at radius 3 is 2.48 bits per heavy atom. The van der Waals surface area contributed by atoms with Crippen LogP contribution in [0.2, 0.25) is 0 Å². The van der Waals surface area contributed by atoms with Crippen molar-refractivity contribution >= 4 is 11.8 Å². The van der Waals surface area contributed by atoms with E-state index < -0.39 is 0 Å². The summed E-state index contributed by atoms with van der Waals surface area (Å²) in [4.78, 5) is 29.7. The fourth-order valence-corrected chi connectivity index (χ4v) is 2.47. The van der Waals surface area contributed by atoms with Crippen molar-refractivity contribution in [2.45, 2.75) is 26.7 Å². The second kappa shape index (κ2) is 7.20. The number of nitrogens with zero attached hydrogens (tertiary/aromatic N) is 2. The van der Waals surface area contributed by atoms with Crippen LogP contribution in [-0.2, 0) is 4.79 Å². The third kappa shape index (κ3) is 4.28. The van der Waals surface area contributed by atoms with Gasteiger partial charge in [-0.3, -0.25) is 14.6 Å². The van der Waals surface area contributed by atoms with Gasteiger partial charge >= 0.3 is 0 Å². The van der Waals surface area contributed by atoms with E-state index >= 15 is 0 Å². The topological polar surface area (TPSA) is 62.3 Å². The number of nitrogens with one attached hydrogen (secondary N) is 1. The van der Waals surface area contributed by atoms with E-state index in [1.165, 1.54) is 0 Å². The molecular weight excluding hydrogens is 266 g/mol. The summed E-state index contributed by atoms with van der Waals surface area (Å²) < 4.78 is 0. The second-order valence-electron chi connectivity index (χ2n) is 5.87. The van der Waals surface area contributed by atoms with Crippen molar-refractivity contribution in [1.29, 1.82) is 0 Å². The van der Waals surface area contributed by atoms with E-state index in [4.69, 9.17) is 0 Å². The van der Waals surface area contributed by atoms with Crippen molar-refractivity contribution in [3.63, 3.8) is 0 Å². The number of hydrogen-bond acceptors (Lipinski definition) is 3. The van der Waals surface area contributed by atoms with Gasteiger partial charge in [-0.25, -0.2) is 0 Å². The van der Waals surface area contributed by atoms with Crippen molar-refractivity contribution in [3.05, 3.63) is 30.1 Å². The van der Waals surface area contributed by atoms with Gasteiger partial charge in [0.25, 0.3) is 5.91 Å². The number of pyridine rings is 1. The summed E-state index contributed by atoms with van der Waals surface area (Å²) in [7, 11) is 0. The Labute approximate surface area is 125 Å². The molecule has 0 bridgehead atoms. The van der Waals surface area contributed by atoms with E-state index in [0.717, 1.165) is 25.9 Å². The third-order valence-corrected chi connectivity index (χ3v) is 3.92. The Hall–Kier alpha value is -1.91. The first kappa shape index (κ1) is 15.5. The molecule has 2 rings (SSSR count). The smallest absolute Gasteiger partial charge is 0.253 e. The maximum absolute atomic E-state index is 12.3. The molecule has 5 heteroatoms. The van der Waals surface area contributed by atoms with Crippen LogP contribution in [0, 0.1) is 11.8 Å². The minimum atomic E-state index is 0.0263. The standard InChI is InChI=1S/C16H23N3O2/c1-12(2)15(20)18-11-13-5-9-19(10-6-13)16(21)14-3-7-17-8-4-14/h3-4,7-8,12-13H,5-6,9-11H2,1-2H3,(H,18,20). The first-order valence-electron chi connectivity index (χ1n) is 7.55. The average molecular weight is 289 g/mol. The van der Waals surface area contributed by atoms with E-state index in [-0.39, 0.29) is 17.7 Å². The first-order chi connectivity index (χ1) is 10.1. The normalized spacial score (nSPS) is 16.0. The lowest BCUT2D eigenvalue weighted by Crippen LogP contribution is -2.42. The van der Waals surface area contributed by atoms with Crippen molar-refractivity contribution in [2.75, 3.05) is 19.6 Å². The quantitative estimate of drug-likeness (QED) is 0.917. The maximum Gasteiger partial charge on any atom is 0.253 e. The number of hydrogen-bond donors (Lipinski definition) is 1. The van der Waals surface area contributed by atoms with Crippen LogP contribution in [0.1, 0.15) is 37.0 Å². The van der Waals surface area contributed by atoms with Gasteiger partial charge in [-0.15, -0.1) is 0 Å². The predicted molar refractivity (Wildman–Crippen MR) is 80.7 cm³/mol. The van der Waals surface area contributed by atoms with Gasteiger partial charge < -0.3 is 10.2 Å². The monoisotopic (exact) mass is 289 g/mol. The molecular formula is C16H23N3O2. The Kier molecular flexibility index (Phi) is 5.31. The van der Waals surface area contributed by atoms with Crippen LogP contribution in [0.15, 0.2) is 24.5 Å². The van der Waals surface area contributed by atoms with Crippen molar-refractivity contribution in [1.82, 2.24) is 15.2 Å². The molecule has 1 N–H and O–H groups in total. The zero-order chi connectivity index (χ0) is 15.2. The Morgan fingerprint density at radius 1 is 1.29 bits per heavy atom. The van der Waals surface area contributed by atoms with E-state index in [0.29, 0.717) is 18.0 Å². The number of likely N-dealkylation sites (tertiary alicyclic amines) is 1. The molecule has 0 spiro atoms. The highest BCUT2D eigenvalue weighted by molar-refractivity contribution is 5.94. The fourth-order valence-electron chi connectivity index (χ4n) is 2.47. The molecule has 1 aliphatic rings. The van der Waals surface area contributed by atoms with Crippen LogP contribution in [0.25, 0.3) is 0 Å². The van der Waals surface area contributed by atoms with Crippen LogP contribution >= 0.6 is 0 Å². The number of carbonyl (C=O) groups excluding carboxylic acids is 2. The van der Waals surface area contributed by atoms with Crippen LogP contribution in [-0.4, -0.2) is 41.3 Å². The summed E-state index contributed by atoms with van der Waals surface area (Å²) in [5.74, 6) is 0.667. The molecule has 0 atom stereocenters. The van der Waals surface area contributed by atoms with Crippen LogP contribution in [0.4, 0.5) is 0 Å². The van der Waals surface area contributed by atoms with Crippen LogP contribution in [0.5, 0.6) is 0 Å². The lowest BCUT2D eigenvalue weighted by molar-refractivity contribution is -0.124. The molecule has 2 amide bonds. The number of amides is 2. The van der Waals surface area contributed by atoms with Gasteiger partial charge in [0.15, 0.2) is 0 Å². The largest absolute Gasteiger partial charge is 0.356 e. The zero-order valence-electron chi connectivity index (χ0n) is 12.7. The molecule has 1 aromatic rings. The summed E-state index contributed by atoms with van der Waals surface area (Å²) in [5, 5.41) is 2.98. The molecule has 0 saturated carbocycles. The summed E-state index contributed by atoms with van der Waals surface area (Å²) in [6.07, 6.45) is 5.16. The fraction of sp³-hybridized carbons (Fsp3) is 0.562. The Bertz CT molecular complexity index is 480. The lowest BCUT2D eigenvalue weighted by atomic mass is 9.96. The highest BCUT2D eigenvalue weighted by Gasteiger charge is 2.24. The third-order valence-electron chi connectivity index (χ3n) is 3.92. The molecule has 0 aromatic carbocycles. The van der Waals surface area contributed by atoms with Gasteiger partial charge in [-0.2, -0.15) is 0 Å². The molecule has 0 unspecified atom stereocenters. The first-order valence-corrected chi connectivity index (χ1v) is 7.55. The van der Waals surface area contributed by atoms with Gasteiger partial charge in [0, 0.05) is 43.5 Å². The van der Waals surface area contributed by atoms with Crippen molar-refractivity contribution in [2.24, 2.45) is 11.8 Å². The van der Waals surface area contributed by atoms with Crippen molar-refractivity contribution in [3.8, 4) is 0 Å². The summed E-state index contributed by atoms with van der Waals surface area (Å²) in [6.45, 7) is 6.01. The van der Waals surface area contributed by atoms with E-state index in [2.05, 4.69) is 10.3 Å². The maximum atomic E-state index is 12.3. The Balaban J connectivity index is 1.78. The number of aromatic nitrogens is 1. The average Bonchev–Trinajstić information content (AvgIpc) is 2.53. The predicted octanol–water partition coefficient (Wildman–Crippen LogP) is 1.71. The highest BCUT2D eigenvalue weighted by atomic mass is 16.2. The molecule has 0 aliphatic carbocycles. The Morgan fingerprint density at radius 2 is 1.90 bits per heavy atom. The molecule has 0 radical (unpaired) electrons. The molecule has 1 fully saturated rings. The molecule has 2 heterocycles. The molecule has 1 aromatic heterocycles. The lowest BCUT2D eigenvalue weighted by Gasteiger charge is -2.32. The number of carbonyl (C=O) groups is 2. The molecule has 1 aliphatic heterocycles. The minimum absolute atomic E-state index is 0.0263. The SMILES string of the molecule is CC(C)C(=O)NCC1CCN(C(=O)c2ccncc2)CC1. The van der Waals surface area contributed by atoms with Gasteiger partial charge in [-0.1, -0.05) is 13.8 Å². The van der Waals surface area contributed by atoms with Gasteiger partial charge in [0.05, 0.1) is 0 Å². The van der Waals surface area contributed by atoms with Crippen LogP contribution < -0.4 is 5.32 Å². The van der Waals surface area contributed by atoms with E-state index in [1.807, 2.05) is 18.7 Å². The number of piperidine rings is 1.